The zero-order chi connectivity index (χ0) is 16.3. The van der Waals surface area contributed by atoms with Crippen LogP contribution in [-0.4, -0.2) is 55.5 Å². The molecule has 2 rings (SSSR count). The zero-order valence-electron chi connectivity index (χ0n) is 12.6. The van der Waals surface area contributed by atoms with E-state index >= 15 is 0 Å². The maximum atomic E-state index is 11.4. The van der Waals surface area contributed by atoms with Crippen molar-refractivity contribution in [3.05, 3.63) is 32.8 Å². The quantitative estimate of drug-likeness (QED) is 0.669. The highest BCUT2D eigenvalue weighted by Gasteiger charge is 2.23. The van der Waals surface area contributed by atoms with Crippen molar-refractivity contribution >= 4 is 28.9 Å². The molecule has 120 valence electrons. The van der Waals surface area contributed by atoms with Crippen molar-refractivity contribution in [1.82, 2.24) is 10.2 Å². The molecule has 1 fully saturated rings. The lowest BCUT2D eigenvalue weighted by molar-refractivity contribution is -0.384. The molecular formula is C14H19ClN4O3. The number of nitro groups is 1. The van der Waals surface area contributed by atoms with E-state index in [1.54, 1.807) is 7.05 Å². The molecule has 7 nitrogen and oxygen atoms in total. The number of benzene rings is 1. The van der Waals surface area contributed by atoms with Gasteiger partial charge < -0.3 is 10.2 Å². The molecule has 0 aliphatic carbocycles. The summed E-state index contributed by atoms with van der Waals surface area (Å²) in [5.41, 5.74) is 1.63. The van der Waals surface area contributed by atoms with Gasteiger partial charge in [0.25, 0.3) is 5.69 Å². The van der Waals surface area contributed by atoms with Crippen molar-refractivity contribution in [1.29, 1.82) is 0 Å². The number of carbonyl (C=O) groups excluding carboxylic acids is 1. The molecule has 0 radical (unpaired) electrons. The average Bonchev–Trinajstić information content (AvgIpc) is 2.48. The molecule has 0 spiro atoms. The van der Waals surface area contributed by atoms with Crippen LogP contribution < -0.4 is 10.2 Å². The molecule has 1 aromatic carbocycles. The Kier molecular flexibility index (Phi) is 5.20. The number of nitrogens with zero attached hydrogens (tertiary/aromatic N) is 3. The number of piperazine rings is 1. The van der Waals surface area contributed by atoms with Crippen molar-refractivity contribution in [3.63, 3.8) is 0 Å². The fourth-order valence-electron chi connectivity index (χ4n) is 2.64. The molecule has 22 heavy (non-hydrogen) atoms. The molecule has 1 saturated heterocycles. The number of anilines is 1. The van der Waals surface area contributed by atoms with Gasteiger partial charge >= 0.3 is 0 Å². The molecular weight excluding hydrogens is 308 g/mol. The number of non-ortho nitro benzene ring substituents is 1. The summed E-state index contributed by atoms with van der Waals surface area (Å²) in [5.74, 6) is -0.00185. The van der Waals surface area contributed by atoms with Crippen LogP contribution in [-0.2, 0) is 4.79 Å². The van der Waals surface area contributed by atoms with Crippen molar-refractivity contribution in [3.8, 4) is 0 Å². The number of aryl methyl sites for hydroxylation is 1. The fraction of sp³-hybridized carbons (Fsp3) is 0.500. The number of hydrogen-bond donors (Lipinski definition) is 1. The number of amides is 1. The number of nitrogens with one attached hydrogen (secondary N) is 1. The summed E-state index contributed by atoms with van der Waals surface area (Å²) in [5, 5.41) is 13.9. The minimum absolute atomic E-state index is 0.00185. The summed E-state index contributed by atoms with van der Waals surface area (Å²) in [6.07, 6.45) is 0. The van der Waals surface area contributed by atoms with Gasteiger partial charge in [0.1, 0.15) is 0 Å². The van der Waals surface area contributed by atoms with Crippen LogP contribution in [0.2, 0.25) is 5.02 Å². The summed E-state index contributed by atoms with van der Waals surface area (Å²) < 4.78 is 0. The Balaban J connectivity index is 2.08. The molecule has 1 N–H and O–H groups in total. The average molecular weight is 327 g/mol. The molecule has 1 aromatic rings. The normalized spacial score (nSPS) is 15.7. The second-order valence-corrected chi connectivity index (χ2v) is 5.69. The third-order valence-corrected chi connectivity index (χ3v) is 4.07. The first-order valence-electron chi connectivity index (χ1n) is 7.04. The maximum absolute atomic E-state index is 11.4. The van der Waals surface area contributed by atoms with Crippen molar-refractivity contribution in [2.75, 3.05) is 44.7 Å². The number of halogens is 1. The van der Waals surface area contributed by atoms with E-state index < -0.39 is 4.92 Å². The van der Waals surface area contributed by atoms with Gasteiger partial charge in [-0.05, 0) is 12.5 Å². The van der Waals surface area contributed by atoms with Gasteiger partial charge in [0.05, 0.1) is 22.2 Å². The number of carbonyl (C=O) groups is 1. The Morgan fingerprint density at radius 2 is 2.00 bits per heavy atom. The Morgan fingerprint density at radius 1 is 1.36 bits per heavy atom. The van der Waals surface area contributed by atoms with Gasteiger partial charge in [-0.2, -0.15) is 0 Å². The molecule has 0 saturated carbocycles. The second-order valence-electron chi connectivity index (χ2n) is 5.29. The highest BCUT2D eigenvalue weighted by molar-refractivity contribution is 6.33. The fourth-order valence-corrected chi connectivity index (χ4v) is 3.02. The number of hydrogen-bond acceptors (Lipinski definition) is 5. The molecule has 1 aliphatic rings. The minimum atomic E-state index is -0.441. The van der Waals surface area contributed by atoms with E-state index in [-0.39, 0.29) is 11.6 Å². The Labute approximate surface area is 134 Å². The third kappa shape index (κ3) is 3.66. The van der Waals surface area contributed by atoms with Gasteiger partial charge in [-0.3, -0.25) is 19.8 Å². The van der Waals surface area contributed by atoms with Gasteiger partial charge in [0.15, 0.2) is 0 Å². The molecule has 1 amide bonds. The van der Waals surface area contributed by atoms with E-state index in [0.29, 0.717) is 11.6 Å². The predicted octanol–water partition coefficient (Wildman–Crippen LogP) is 1.42. The van der Waals surface area contributed by atoms with Crippen LogP contribution in [0.25, 0.3) is 0 Å². The lowest BCUT2D eigenvalue weighted by atomic mass is 10.1. The molecule has 0 unspecified atom stereocenters. The summed E-state index contributed by atoms with van der Waals surface area (Å²) in [6.45, 7) is 5.17. The van der Waals surface area contributed by atoms with E-state index in [1.807, 2.05) is 6.92 Å². The van der Waals surface area contributed by atoms with E-state index in [0.717, 1.165) is 37.4 Å². The van der Waals surface area contributed by atoms with Crippen LogP contribution in [0.1, 0.15) is 5.56 Å². The lowest BCUT2D eigenvalue weighted by Crippen LogP contribution is -2.49. The molecule has 1 aliphatic heterocycles. The van der Waals surface area contributed by atoms with E-state index in [9.17, 15) is 14.9 Å². The van der Waals surface area contributed by atoms with Crippen LogP contribution in [0.4, 0.5) is 11.4 Å². The van der Waals surface area contributed by atoms with Gasteiger partial charge in [-0.15, -0.1) is 0 Å². The lowest BCUT2D eigenvalue weighted by Gasteiger charge is -2.36. The standard InChI is InChI=1S/C14H19ClN4O3/c1-10-7-11(19(21)22)8-12(15)14(10)18-5-3-17(4-6-18)9-13(20)16-2/h7-8H,3-6,9H2,1-2H3,(H,16,20). The van der Waals surface area contributed by atoms with E-state index in [4.69, 9.17) is 11.6 Å². The van der Waals surface area contributed by atoms with Crippen molar-refractivity contribution in [2.24, 2.45) is 0 Å². The van der Waals surface area contributed by atoms with Gasteiger partial charge in [-0.25, -0.2) is 0 Å². The summed E-state index contributed by atoms with van der Waals surface area (Å²) >= 11 is 6.23. The van der Waals surface area contributed by atoms with Crippen molar-refractivity contribution < 1.29 is 9.72 Å². The molecule has 0 atom stereocenters. The zero-order valence-corrected chi connectivity index (χ0v) is 13.4. The van der Waals surface area contributed by atoms with Gasteiger partial charge in [-0.1, -0.05) is 11.6 Å². The van der Waals surface area contributed by atoms with Crippen molar-refractivity contribution in [2.45, 2.75) is 6.92 Å². The molecule has 8 heteroatoms. The van der Waals surface area contributed by atoms with Gasteiger partial charge in [0, 0.05) is 45.4 Å². The Bertz CT molecular complexity index is 562. The Morgan fingerprint density at radius 3 is 2.50 bits per heavy atom. The highest BCUT2D eigenvalue weighted by Crippen LogP contribution is 2.34. The maximum Gasteiger partial charge on any atom is 0.271 e. The van der Waals surface area contributed by atoms with E-state index in [1.165, 1.54) is 12.1 Å². The first-order chi connectivity index (χ1) is 10.4. The van der Waals surface area contributed by atoms with Crippen LogP contribution in [0, 0.1) is 17.0 Å². The first kappa shape index (κ1) is 16.5. The Hall–Kier alpha value is -1.86. The topological polar surface area (TPSA) is 78.7 Å². The van der Waals surface area contributed by atoms with Crippen LogP contribution in [0.5, 0.6) is 0 Å². The van der Waals surface area contributed by atoms with E-state index in [2.05, 4.69) is 15.1 Å². The summed E-state index contributed by atoms with van der Waals surface area (Å²) in [6, 6.07) is 2.93. The molecule has 0 aromatic heterocycles. The number of likely N-dealkylation sites (N-methyl/N-ethyl adjacent to an activating group) is 1. The largest absolute Gasteiger partial charge is 0.368 e. The van der Waals surface area contributed by atoms with Crippen LogP contribution >= 0.6 is 11.6 Å². The highest BCUT2D eigenvalue weighted by atomic mass is 35.5. The van der Waals surface area contributed by atoms with Crippen LogP contribution in [0.15, 0.2) is 12.1 Å². The molecule has 1 heterocycles. The first-order valence-corrected chi connectivity index (χ1v) is 7.42. The third-order valence-electron chi connectivity index (χ3n) is 3.78. The molecule has 0 bridgehead atoms. The summed E-state index contributed by atoms with van der Waals surface area (Å²) in [4.78, 5) is 26.0. The number of rotatable bonds is 4. The monoisotopic (exact) mass is 326 g/mol. The SMILES string of the molecule is CNC(=O)CN1CCN(c2c(C)cc([N+](=O)[O-])cc2Cl)CC1. The number of nitro benzene ring substituents is 1. The van der Waals surface area contributed by atoms with Gasteiger partial charge in [0.2, 0.25) is 5.91 Å². The summed E-state index contributed by atoms with van der Waals surface area (Å²) in [7, 11) is 1.62. The second kappa shape index (κ2) is 6.93. The minimum Gasteiger partial charge on any atom is -0.368 e. The smallest absolute Gasteiger partial charge is 0.271 e. The van der Waals surface area contributed by atoms with Crippen LogP contribution in [0.3, 0.4) is 0 Å². The predicted molar refractivity (Wildman–Crippen MR) is 85.6 cm³/mol.